The minimum absolute atomic E-state index is 0.198. The lowest BCUT2D eigenvalue weighted by Gasteiger charge is -2.35. The highest BCUT2D eigenvalue weighted by atomic mass is 16.2. The Morgan fingerprint density at radius 1 is 0.742 bits per heavy atom. The molecule has 5 heteroatoms. The van der Waals surface area contributed by atoms with Gasteiger partial charge in [-0.3, -0.25) is 4.79 Å². The number of rotatable bonds is 5. The molecule has 0 spiro atoms. The number of carbonyl (C=O) groups is 1. The number of imidazole rings is 1. The summed E-state index contributed by atoms with van der Waals surface area (Å²) >= 11 is 0. The number of benzene rings is 3. The molecule has 1 amide bonds. The molecule has 156 valence electrons. The zero-order chi connectivity index (χ0) is 21.0. The van der Waals surface area contributed by atoms with Gasteiger partial charge in [0.2, 0.25) is 11.9 Å². The van der Waals surface area contributed by atoms with Crippen molar-refractivity contribution in [1.29, 1.82) is 0 Å². The van der Waals surface area contributed by atoms with Crippen LogP contribution in [0.3, 0.4) is 0 Å². The van der Waals surface area contributed by atoms with E-state index in [1.807, 2.05) is 47.4 Å². The van der Waals surface area contributed by atoms with Gasteiger partial charge in [0.25, 0.3) is 0 Å². The molecule has 0 unspecified atom stereocenters. The van der Waals surface area contributed by atoms with Gasteiger partial charge in [-0.25, -0.2) is 4.98 Å². The van der Waals surface area contributed by atoms with E-state index in [1.165, 1.54) is 5.56 Å². The molecule has 1 aliphatic rings. The van der Waals surface area contributed by atoms with Crippen LogP contribution in [0.1, 0.15) is 11.1 Å². The third-order valence-electron chi connectivity index (χ3n) is 5.93. The number of nitrogens with zero attached hydrogens (tertiary/aromatic N) is 4. The number of fused-ring (bicyclic) bond motifs is 1. The second kappa shape index (κ2) is 8.64. The van der Waals surface area contributed by atoms with Gasteiger partial charge in [0.15, 0.2) is 0 Å². The summed E-state index contributed by atoms with van der Waals surface area (Å²) in [7, 11) is 0. The minimum Gasteiger partial charge on any atom is -0.339 e. The number of amides is 1. The number of anilines is 1. The fraction of sp³-hybridized carbons (Fsp3) is 0.231. The summed E-state index contributed by atoms with van der Waals surface area (Å²) in [5.41, 5.74) is 4.48. The molecule has 1 fully saturated rings. The molecular weight excluding hydrogens is 384 g/mol. The fourth-order valence-corrected chi connectivity index (χ4v) is 4.26. The predicted molar refractivity (Wildman–Crippen MR) is 124 cm³/mol. The molecule has 1 aromatic heterocycles. The van der Waals surface area contributed by atoms with Gasteiger partial charge < -0.3 is 14.4 Å². The van der Waals surface area contributed by atoms with E-state index in [-0.39, 0.29) is 5.91 Å². The molecular formula is C26H26N4O. The van der Waals surface area contributed by atoms with E-state index in [4.69, 9.17) is 4.98 Å². The Kier molecular flexibility index (Phi) is 5.40. The smallest absolute Gasteiger partial charge is 0.227 e. The fourth-order valence-electron chi connectivity index (χ4n) is 4.26. The van der Waals surface area contributed by atoms with E-state index in [1.54, 1.807) is 0 Å². The first-order valence-corrected chi connectivity index (χ1v) is 10.8. The maximum absolute atomic E-state index is 12.7. The van der Waals surface area contributed by atoms with Crippen molar-refractivity contribution in [2.45, 2.75) is 13.0 Å². The normalized spacial score (nSPS) is 14.2. The molecule has 5 rings (SSSR count). The van der Waals surface area contributed by atoms with Crippen LogP contribution in [0, 0.1) is 0 Å². The van der Waals surface area contributed by atoms with Crippen molar-refractivity contribution in [3.05, 3.63) is 96.1 Å². The van der Waals surface area contributed by atoms with E-state index < -0.39 is 0 Å². The van der Waals surface area contributed by atoms with Gasteiger partial charge in [-0.05, 0) is 23.3 Å². The second-order valence-electron chi connectivity index (χ2n) is 8.00. The summed E-state index contributed by atoms with van der Waals surface area (Å²) in [6, 6.07) is 28.8. The Bertz CT molecular complexity index is 1160. The van der Waals surface area contributed by atoms with Crippen molar-refractivity contribution < 1.29 is 4.79 Å². The van der Waals surface area contributed by atoms with Gasteiger partial charge >= 0.3 is 0 Å². The van der Waals surface area contributed by atoms with Crippen LogP contribution in [0.5, 0.6) is 0 Å². The van der Waals surface area contributed by atoms with Gasteiger partial charge in [-0.1, -0.05) is 72.8 Å². The Morgan fingerprint density at radius 2 is 1.35 bits per heavy atom. The van der Waals surface area contributed by atoms with E-state index in [0.717, 1.165) is 55.3 Å². The second-order valence-corrected chi connectivity index (χ2v) is 8.00. The average molecular weight is 411 g/mol. The quantitative estimate of drug-likeness (QED) is 0.500. The maximum Gasteiger partial charge on any atom is 0.227 e. The zero-order valence-electron chi connectivity index (χ0n) is 17.5. The van der Waals surface area contributed by atoms with Gasteiger partial charge in [0.1, 0.15) is 0 Å². The van der Waals surface area contributed by atoms with Crippen LogP contribution in [0.25, 0.3) is 11.0 Å². The van der Waals surface area contributed by atoms with E-state index >= 15 is 0 Å². The maximum atomic E-state index is 12.7. The summed E-state index contributed by atoms with van der Waals surface area (Å²) in [6.45, 7) is 3.81. The average Bonchev–Trinajstić information content (AvgIpc) is 3.19. The van der Waals surface area contributed by atoms with Crippen molar-refractivity contribution in [3.63, 3.8) is 0 Å². The summed E-state index contributed by atoms with van der Waals surface area (Å²) in [4.78, 5) is 22.0. The van der Waals surface area contributed by atoms with Crippen molar-refractivity contribution in [2.75, 3.05) is 31.1 Å². The highest BCUT2D eigenvalue weighted by Crippen LogP contribution is 2.25. The lowest BCUT2D eigenvalue weighted by Crippen LogP contribution is -2.50. The standard InChI is InChI=1S/C26H26N4O/c31-25(19-21-9-3-1-4-10-21)28-15-17-29(18-16-28)26-27-23-13-7-8-14-24(23)30(26)20-22-11-5-2-6-12-22/h1-14H,15-20H2. The molecule has 0 radical (unpaired) electrons. The molecule has 0 aliphatic carbocycles. The zero-order valence-corrected chi connectivity index (χ0v) is 17.5. The Balaban J connectivity index is 1.33. The van der Waals surface area contributed by atoms with E-state index in [2.05, 4.69) is 51.9 Å². The lowest BCUT2D eigenvalue weighted by molar-refractivity contribution is -0.130. The molecule has 1 aliphatic heterocycles. The van der Waals surface area contributed by atoms with Gasteiger partial charge in [-0.2, -0.15) is 0 Å². The topological polar surface area (TPSA) is 41.4 Å². The van der Waals surface area contributed by atoms with Gasteiger partial charge in [0.05, 0.1) is 24.0 Å². The number of piperazine rings is 1. The van der Waals surface area contributed by atoms with Crippen molar-refractivity contribution in [3.8, 4) is 0 Å². The van der Waals surface area contributed by atoms with Gasteiger partial charge in [-0.15, -0.1) is 0 Å². The molecule has 0 saturated carbocycles. The molecule has 0 N–H and O–H groups in total. The molecule has 4 aromatic rings. The van der Waals surface area contributed by atoms with E-state index in [0.29, 0.717) is 6.42 Å². The van der Waals surface area contributed by atoms with Crippen LogP contribution in [0.15, 0.2) is 84.9 Å². The highest BCUT2D eigenvalue weighted by Gasteiger charge is 2.25. The van der Waals surface area contributed by atoms with Crippen LogP contribution in [0.4, 0.5) is 5.95 Å². The molecule has 31 heavy (non-hydrogen) atoms. The summed E-state index contributed by atoms with van der Waals surface area (Å²) in [5.74, 6) is 1.18. The molecule has 1 saturated heterocycles. The molecule has 5 nitrogen and oxygen atoms in total. The van der Waals surface area contributed by atoms with Crippen molar-refractivity contribution >= 4 is 22.9 Å². The highest BCUT2D eigenvalue weighted by molar-refractivity contribution is 5.80. The Hall–Kier alpha value is -3.60. The predicted octanol–water partition coefficient (Wildman–Crippen LogP) is 3.98. The Labute approximate surface area is 182 Å². The van der Waals surface area contributed by atoms with Crippen molar-refractivity contribution in [2.24, 2.45) is 0 Å². The lowest BCUT2D eigenvalue weighted by atomic mass is 10.1. The van der Waals surface area contributed by atoms with Crippen LogP contribution in [-0.2, 0) is 17.8 Å². The third-order valence-corrected chi connectivity index (χ3v) is 5.93. The molecule has 0 atom stereocenters. The minimum atomic E-state index is 0.198. The third kappa shape index (κ3) is 4.17. The Morgan fingerprint density at radius 3 is 2.06 bits per heavy atom. The summed E-state index contributed by atoms with van der Waals surface area (Å²) in [6.07, 6.45) is 0.466. The number of para-hydroxylation sites is 2. The monoisotopic (exact) mass is 410 g/mol. The first-order chi connectivity index (χ1) is 15.3. The molecule has 2 heterocycles. The first-order valence-electron chi connectivity index (χ1n) is 10.8. The van der Waals surface area contributed by atoms with Crippen LogP contribution in [0.2, 0.25) is 0 Å². The largest absolute Gasteiger partial charge is 0.339 e. The van der Waals surface area contributed by atoms with Crippen LogP contribution < -0.4 is 4.90 Å². The van der Waals surface area contributed by atoms with Gasteiger partial charge in [0, 0.05) is 26.2 Å². The first kappa shape index (κ1) is 19.4. The SMILES string of the molecule is O=C(Cc1ccccc1)N1CCN(c2nc3ccccc3n2Cc2ccccc2)CC1. The van der Waals surface area contributed by atoms with Crippen LogP contribution in [-0.4, -0.2) is 46.5 Å². The molecule has 0 bridgehead atoms. The van der Waals surface area contributed by atoms with Crippen LogP contribution >= 0.6 is 0 Å². The van der Waals surface area contributed by atoms with E-state index in [9.17, 15) is 4.79 Å². The molecule has 3 aromatic carbocycles. The summed E-state index contributed by atoms with van der Waals surface area (Å²) in [5, 5.41) is 0. The number of hydrogen-bond donors (Lipinski definition) is 0. The number of aromatic nitrogens is 2. The number of carbonyl (C=O) groups excluding carboxylic acids is 1. The number of hydrogen-bond acceptors (Lipinski definition) is 3. The summed E-state index contributed by atoms with van der Waals surface area (Å²) < 4.78 is 2.30. The van der Waals surface area contributed by atoms with Crippen molar-refractivity contribution in [1.82, 2.24) is 14.5 Å².